The molecule has 1 aromatic carbocycles. The third-order valence-electron chi connectivity index (χ3n) is 3.12. The molecule has 0 aliphatic rings. The Hall–Kier alpha value is -1.18. The number of phenols is 1. The van der Waals surface area contributed by atoms with Crippen LogP contribution in [-0.4, -0.2) is 11.1 Å². The standard InChI is InChI=1S/C15H25NO/c1-10(2)6-7-13(5)16-14-8-12(4)15(17)9-11(14)3/h8-10,13,16-17H,6-7H2,1-5H3. The molecule has 2 heteroatoms. The summed E-state index contributed by atoms with van der Waals surface area (Å²) in [5.74, 6) is 1.13. The first-order chi connectivity index (χ1) is 7.90. The van der Waals surface area contributed by atoms with Gasteiger partial charge in [0.25, 0.3) is 0 Å². The Kier molecular flexibility index (Phi) is 4.86. The molecule has 17 heavy (non-hydrogen) atoms. The SMILES string of the molecule is Cc1cc(NC(C)CCC(C)C)c(C)cc1O. The van der Waals surface area contributed by atoms with Crippen LogP contribution in [0.25, 0.3) is 0 Å². The number of rotatable bonds is 5. The van der Waals surface area contributed by atoms with Gasteiger partial charge in [-0.2, -0.15) is 0 Å². The van der Waals surface area contributed by atoms with Crippen LogP contribution in [0.2, 0.25) is 0 Å². The van der Waals surface area contributed by atoms with E-state index in [4.69, 9.17) is 0 Å². The largest absolute Gasteiger partial charge is 0.508 e. The maximum absolute atomic E-state index is 9.61. The maximum atomic E-state index is 9.61. The molecule has 1 atom stereocenters. The highest BCUT2D eigenvalue weighted by atomic mass is 16.3. The lowest BCUT2D eigenvalue weighted by atomic mass is 10.0. The molecule has 0 amide bonds. The molecule has 1 unspecified atom stereocenters. The van der Waals surface area contributed by atoms with Crippen LogP contribution in [0.1, 0.15) is 44.7 Å². The molecule has 0 heterocycles. The summed E-state index contributed by atoms with van der Waals surface area (Å²) in [5, 5.41) is 13.1. The number of aromatic hydroxyl groups is 1. The Morgan fingerprint density at radius 3 is 2.29 bits per heavy atom. The predicted octanol–water partition coefficient (Wildman–Crippen LogP) is 4.25. The molecule has 0 aliphatic carbocycles. The van der Waals surface area contributed by atoms with E-state index in [0.717, 1.165) is 22.7 Å². The summed E-state index contributed by atoms with van der Waals surface area (Å²) in [4.78, 5) is 0. The number of nitrogens with one attached hydrogen (secondary N) is 1. The predicted molar refractivity (Wildman–Crippen MR) is 74.7 cm³/mol. The third kappa shape index (κ3) is 4.29. The molecular formula is C15H25NO. The fourth-order valence-corrected chi connectivity index (χ4v) is 1.88. The smallest absolute Gasteiger partial charge is 0.118 e. The Morgan fingerprint density at radius 2 is 1.71 bits per heavy atom. The highest BCUT2D eigenvalue weighted by molar-refractivity contribution is 5.57. The first-order valence-electron chi connectivity index (χ1n) is 6.47. The van der Waals surface area contributed by atoms with Crippen molar-refractivity contribution in [3.8, 4) is 5.75 Å². The summed E-state index contributed by atoms with van der Waals surface area (Å²) in [6, 6.07) is 4.32. The molecule has 0 spiro atoms. The van der Waals surface area contributed by atoms with Crippen LogP contribution < -0.4 is 5.32 Å². The quantitative estimate of drug-likeness (QED) is 0.748. The summed E-state index contributed by atoms with van der Waals surface area (Å²) >= 11 is 0. The van der Waals surface area contributed by atoms with Crippen molar-refractivity contribution in [3.05, 3.63) is 23.3 Å². The Bertz CT molecular complexity index is 371. The number of benzene rings is 1. The van der Waals surface area contributed by atoms with Crippen LogP contribution in [-0.2, 0) is 0 Å². The lowest BCUT2D eigenvalue weighted by Gasteiger charge is -2.18. The van der Waals surface area contributed by atoms with Crippen LogP contribution in [0.4, 0.5) is 5.69 Å². The van der Waals surface area contributed by atoms with Gasteiger partial charge in [0.15, 0.2) is 0 Å². The highest BCUT2D eigenvalue weighted by Gasteiger charge is 2.07. The van der Waals surface area contributed by atoms with Gasteiger partial charge >= 0.3 is 0 Å². The van der Waals surface area contributed by atoms with Gasteiger partial charge in [0.1, 0.15) is 5.75 Å². The van der Waals surface area contributed by atoms with Gasteiger partial charge in [-0.05, 0) is 62.8 Å². The highest BCUT2D eigenvalue weighted by Crippen LogP contribution is 2.26. The number of hydrogen-bond acceptors (Lipinski definition) is 2. The van der Waals surface area contributed by atoms with E-state index >= 15 is 0 Å². The Morgan fingerprint density at radius 1 is 1.06 bits per heavy atom. The molecule has 2 N–H and O–H groups in total. The topological polar surface area (TPSA) is 32.3 Å². The average molecular weight is 235 g/mol. The monoisotopic (exact) mass is 235 g/mol. The second kappa shape index (κ2) is 5.95. The Labute approximate surface area is 105 Å². The van der Waals surface area contributed by atoms with Gasteiger partial charge in [0, 0.05) is 11.7 Å². The minimum absolute atomic E-state index is 0.378. The van der Waals surface area contributed by atoms with E-state index in [1.807, 2.05) is 26.0 Å². The van der Waals surface area contributed by atoms with Gasteiger partial charge in [0.05, 0.1) is 0 Å². The van der Waals surface area contributed by atoms with Crippen molar-refractivity contribution in [3.63, 3.8) is 0 Å². The number of phenolic OH excluding ortho intramolecular Hbond substituents is 1. The second-order valence-corrected chi connectivity index (χ2v) is 5.47. The van der Waals surface area contributed by atoms with Crippen molar-refractivity contribution in [2.45, 2.75) is 53.5 Å². The van der Waals surface area contributed by atoms with Crippen molar-refractivity contribution in [1.29, 1.82) is 0 Å². The van der Waals surface area contributed by atoms with E-state index in [2.05, 4.69) is 26.1 Å². The fourth-order valence-electron chi connectivity index (χ4n) is 1.88. The molecule has 0 aliphatic heterocycles. The first-order valence-corrected chi connectivity index (χ1v) is 6.47. The van der Waals surface area contributed by atoms with Crippen LogP contribution in [0, 0.1) is 19.8 Å². The average Bonchev–Trinajstić information content (AvgIpc) is 2.23. The lowest BCUT2D eigenvalue weighted by molar-refractivity contribution is 0.470. The van der Waals surface area contributed by atoms with Gasteiger partial charge in [-0.1, -0.05) is 13.8 Å². The van der Waals surface area contributed by atoms with Gasteiger partial charge in [-0.25, -0.2) is 0 Å². The van der Waals surface area contributed by atoms with Crippen molar-refractivity contribution in [1.82, 2.24) is 0 Å². The van der Waals surface area contributed by atoms with Crippen LogP contribution >= 0.6 is 0 Å². The van der Waals surface area contributed by atoms with Gasteiger partial charge in [-0.3, -0.25) is 0 Å². The van der Waals surface area contributed by atoms with E-state index in [-0.39, 0.29) is 0 Å². The Balaban J connectivity index is 2.65. The van der Waals surface area contributed by atoms with Crippen molar-refractivity contribution >= 4 is 5.69 Å². The molecule has 2 nitrogen and oxygen atoms in total. The molecule has 0 saturated carbocycles. The molecular weight excluding hydrogens is 210 g/mol. The molecule has 1 rings (SSSR count). The number of anilines is 1. The van der Waals surface area contributed by atoms with Crippen LogP contribution in [0.15, 0.2) is 12.1 Å². The van der Waals surface area contributed by atoms with E-state index in [0.29, 0.717) is 11.8 Å². The number of aryl methyl sites for hydroxylation is 2. The second-order valence-electron chi connectivity index (χ2n) is 5.47. The maximum Gasteiger partial charge on any atom is 0.118 e. The molecule has 96 valence electrons. The summed E-state index contributed by atoms with van der Waals surface area (Å²) in [7, 11) is 0. The zero-order chi connectivity index (χ0) is 13.0. The normalized spacial score (nSPS) is 12.8. The summed E-state index contributed by atoms with van der Waals surface area (Å²) in [6.45, 7) is 10.7. The van der Waals surface area contributed by atoms with Crippen molar-refractivity contribution in [2.75, 3.05) is 5.32 Å². The van der Waals surface area contributed by atoms with Crippen LogP contribution in [0.5, 0.6) is 5.75 Å². The summed E-state index contributed by atoms with van der Waals surface area (Å²) in [5.41, 5.74) is 3.16. The van der Waals surface area contributed by atoms with Gasteiger partial charge in [-0.15, -0.1) is 0 Å². The van der Waals surface area contributed by atoms with Crippen LogP contribution in [0.3, 0.4) is 0 Å². The summed E-state index contributed by atoms with van der Waals surface area (Å²) < 4.78 is 0. The molecule has 0 bridgehead atoms. The lowest BCUT2D eigenvalue weighted by Crippen LogP contribution is -2.16. The fraction of sp³-hybridized carbons (Fsp3) is 0.600. The molecule has 0 fully saturated rings. The van der Waals surface area contributed by atoms with Gasteiger partial charge in [0.2, 0.25) is 0 Å². The van der Waals surface area contributed by atoms with E-state index in [9.17, 15) is 5.11 Å². The third-order valence-corrected chi connectivity index (χ3v) is 3.12. The first kappa shape index (κ1) is 13.9. The molecule has 0 radical (unpaired) electrons. The summed E-state index contributed by atoms with van der Waals surface area (Å²) in [6.07, 6.45) is 2.42. The minimum Gasteiger partial charge on any atom is -0.508 e. The zero-order valence-electron chi connectivity index (χ0n) is 11.7. The van der Waals surface area contributed by atoms with E-state index in [1.54, 1.807) is 0 Å². The zero-order valence-corrected chi connectivity index (χ0v) is 11.7. The van der Waals surface area contributed by atoms with E-state index < -0.39 is 0 Å². The van der Waals surface area contributed by atoms with Gasteiger partial charge < -0.3 is 10.4 Å². The molecule has 0 saturated heterocycles. The van der Waals surface area contributed by atoms with E-state index in [1.165, 1.54) is 12.8 Å². The minimum atomic E-state index is 0.378. The molecule has 0 aromatic heterocycles. The molecule has 1 aromatic rings. The van der Waals surface area contributed by atoms with Crippen molar-refractivity contribution < 1.29 is 5.11 Å². The number of hydrogen-bond donors (Lipinski definition) is 2. The van der Waals surface area contributed by atoms with Crippen molar-refractivity contribution in [2.24, 2.45) is 5.92 Å².